The van der Waals surface area contributed by atoms with E-state index >= 15 is 0 Å². The second kappa shape index (κ2) is 15.0. The van der Waals surface area contributed by atoms with Crippen molar-refractivity contribution in [3.8, 4) is 16.9 Å². The van der Waals surface area contributed by atoms with Crippen LogP contribution in [0.4, 0.5) is 0 Å². The number of rotatable bonds is 8. The van der Waals surface area contributed by atoms with Crippen LogP contribution in [0.2, 0.25) is 5.02 Å². The van der Waals surface area contributed by atoms with Gasteiger partial charge in [-0.1, -0.05) is 23.7 Å². The lowest BCUT2D eigenvalue weighted by molar-refractivity contribution is -0.141. The molecule has 44 heavy (non-hydrogen) atoms. The van der Waals surface area contributed by atoms with Crippen LogP contribution in [0.3, 0.4) is 0 Å². The van der Waals surface area contributed by atoms with E-state index in [0.29, 0.717) is 22.3 Å². The van der Waals surface area contributed by atoms with E-state index in [1.54, 1.807) is 30.3 Å². The zero-order valence-electron chi connectivity index (χ0n) is 24.2. The van der Waals surface area contributed by atoms with E-state index in [2.05, 4.69) is 21.3 Å². The fourth-order valence-electron chi connectivity index (χ4n) is 4.53. The molecule has 4 bridgehead atoms. The van der Waals surface area contributed by atoms with Gasteiger partial charge in [-0.05, 0) is 60.4 Å². The molecule has 0 aliphatic carbocycles. The Kier molecular flexibility index (Phi) is 11.7. The Bertz CT molecular complexity index is 1420. The standard InChI is InChI=1S/C29H37ClN6O8/c1-13(25(39)34-14(2)29(43)44)33-27(41)22-10-17-7-15(3-5-20(17)30)16-4-6-24(38)18(8-16)9-21(32)26(40)35-23(28(42)36-22)11-19(37)12-31/h3-8,13-14,19,21-23,37-38H,9-12,31-32H2,1-2H3,(H,33,41)(H,34,39)(H,35,40)(H,36,42)(H,43,44)/t13-,14+,19-,21+,22+,23+/m1/s1. The number of hydrogen-bond acceptors (Lipinski definition) is 9. The van der Waals surface area contributed by atoms with E-state index in [1.165, 1.54) is 19.9 Å². The molecule has 2 aromatic rings. The first-order chi connectivity index (χ1) is 20.7. The fraction of sp³-hybridized carbons (Fsp3) is 0.414. The van der Waals surface area contributed by atoms with Crippen LogP contribution in [0.25, 0.3) is 11.1 Å². The van der Waals surface area contributed by atoms with Crippen molar-refractivity contribution < 1.29 is 39.3 Å². The summed E-state index contributed by atoms with van der Waals surface area (Å²) in [6, 6.07) is 3.50. The molecular weight excluding hydrogens is 596 g/mol. The van der Waals surface area contributed by atoms with Crippen molar-refractivity contribution >= 4 is 41.2 Å². The van der Waals surface area contributed by atoms with Gasteiger partial charge in [-0.25, -0.2) is 0 Å². The van der Waals surface area contributed by atoms with Crippen molar-refractivity contribution in [1.82, 2.24) is 21.3 Å². The number of carboxylic acid groups (broad SMARTS) is 1. The third-order valence-corrected chi connectivity index (χ3v) is 7.55. The number of aliphatic hydroxyl groups excluding tert-OH is 1. The number of carboxylic acids is 1. The van der Waals surface area contributed by atoms with Crippen molar-refractivity contribution in [3.05, 3.63) is 52.5 Å². The minimum Gasteiger partial charge on any atom is -0.508 e. The Labute approximate surface area is 258 Å². The summed E-state index contributed by atoms with van der Waals surface area (Å²) in [6.45, 7) is 2.38. The van der Waals surface area contributed by atoms with Gasteiger partial charge in [-0.3, -0.25) is 24.0 Å². The summed E-state index contributed by atoms with van der Waals surface area (Å²) in [7, 11) is 0. The molecule has 0 saturated carbocycles. The average molecular weight is 633 g/mol. The number of phenols is 1. The maximum absolute atomic E-state index is 13.5. The molecule has 2 aromatic carbocycles. The van der Waals surface area contributed by atoms with Gasteiger partial charge in [0.15, 0.2) is 0 Å². The number of nitrogens with one attached hydrogen (secondary N) is 4. The van der Waals surface area contributed by atoms with Gasteiger partial charge in [0, 0.05) is 30.8 Å². The van der Waals surface area contributed by atoms with E-state index in [1.807, 2.05) is 0 Å². The number of benzene rings is 2. The molecule has 15 heteroatoms. The molecule has 1 heterocycles. The molecular formula is C29H37ClN6O8. The number of nitrogens with two attached hydrogens (primary N) is 2. The number of aromatic hydroxyl groups is 1. The lowest BCUT2D eigenvalue weighted by Crippen LogP contribution is -2.59. The summed E-state index contributed by atoms with van der Waals surface area (Å²) in [4.78, 5) is 63.7. The van der Waals surface area contributed by atoms with E-state index < -0.39 is 65.9 Å². The number of phenolic OH excluding ortho intramolecular Hbond substituents is 1. The predicted octanol–water partition coefficient (Wildman–Crippen LogP) is -1.09. The topological polar surface area (TPSA) is 246 Å². The zero-order valence-corrected chi connectivity index (χ0v) is 24.9. The number of hydrogen-bond donors (Lipinski definition) is 9. The Morgan fingerprint density at radius 2 is 1.61 bits per heavy atom. The lowest BCUT2D eigenvalue weighted by atomic mass is 9.96. The van der Waals surface area contributed by atoms with Crippen molar-refractivity contribution in [2.24, 2.45) is 11.5 Å². The maximum atomic E-state index is 13.5. The molecule has 1 aliphatic heterocycles. The Hall–Kier alpha value is -4.24. The molecule has 3 rings (SSSR count). The first kappa shape index (κ1) is 34.3. The summed E-state index contributed by atoms with van der Waals surface area (Å²) < 4.78 is 0. The summed E-state index contributed by atoms with van der Waals surface area (Å²) in [6.07, 6.45) is -1.74. The van der Waals surface area contributed by atoms with E-state index in [9.17, 15) is 34.2 Å². The van der Waals surface area contributed by atoms with E-state index in [-0.39, 0.29) is 36.6 Å². The molecule has 11 N–H and O–H groups in total. The molecule has 0 aromatic heterocycles. The number of aliphatic carboxylic acids is 1. The second-order valence-corrected chi connectivity index (χ2v) is 11.1. The molecule has 0 unspecified atom stereocenters. The summed E-state index contributed by atoms with van der Waals surface area (Å²) in [5.74, 6) is -4.53. The van der Waals surface area contributed by atoms with Gasteiger partial charge in [-0.2, -0.15) is 0 Å². The van der Waals surface area contributed by atoms with Gasteiger partial charge in [0.1, 0.15) is 29.9 Å². The van der Waals surface area contributed by atoms with Crippen LogP contribution in [0, 0.1) is 0 Å². The number of aliphatic hydroxyl groups is 1. The smallest absolute Gasteiger partial charge is 0.325 e. The number of fused-ring (bicyclic) bond motifs is 5. The fourth-order valence-corrected chi connectivity index (χ4v) is 4.72. The third kappa shape index (κ3) is 8.89. The van der Waals surface area contributed by atoms with Crippen LogP contribution in [0.1, 0.15) is 31.4 Å². The van der Waals surface area contributed by atoms with Crippen molar-refractivity contribution in [3.63, 3.8) is 0 Å². The van der Waals surface area contributed by atoms with Crippen LogP contribution in [-0.4, -0.2) is 87.8 Å². The summed E-state index contributed by atoms with van der Waals surface area (Å²) >= 11 is 6.50. The number of carbonyl (C=O) groups excluding carboxylic acids is 4. The first-order valence-corrected chi connectivity index (χ1v) is 14.3. The largest absolute Gasteiger partial charge is 0.508 e. The molecule has 238 valence electrons. The highest BCUT2D eigenvalue weighted by Crippen LogP contribution is 2.30. The second-order valence-electron chi connectivity index (χ2n) is 10.7. The van der Waals surface area contributed by atoms with E-state index in [0.717, 1.165) is 0 Å². The van der Waals surface area contributed by atoms with Gasteiger partial charge >= 0.3 is 5.97 Å². The van der Waals surface area contributed by atoms with Gasteiger partial charge in [0.05, 0.1) is 12.1 Å². The molecule has 4 amide bonds. The molecule has 1 aliphatic rings. The number of amides is 4. The molecule has 0 saturated heterocycles. The lowest BCUT2D eigenvalue weighted by Gasteiger charge is -2.26. The van der Waals surface area contributed by atoms with Gasteiger partial charge in [0.25, 0.3) is 0 Å². The number of halogens is 1. The minimum atomic E-state index is -1.37. The zero-order chi connectivity index (χ0) is 32.7. The highest BCUT2D eigenvalue weighted by Gasteiger charge is 2.32. The Morgan fingerprint density at radius 1 is 0.977 bits per heavy atom. The monoisotopic (exact) mass is 632 g/mol. The van der Waals surface area contributed by atoms with Crippen LogP contribution in [0.15, 0.2) is 36.4 Å². The van der Waals surface area contributed by atoms with E-state index in [4.69, 9.17) is 28.2 Å². The Balaban J connectivity index is 2.04. The average Bonchev–Trinajstić information content (AvgIpc) is 2.97. The highest BCUT2D eigenvalue weighted by atomic mass is 35.5. The molecule has 0 fully saturated rings. The van der Waals surface area contributed by atoms with Crippen LogP contribution in [0.5, 0.6) is 5.75 Å². The molecule has 0 radical (unpaired) electrons. The Morgan fingerprint density at radius 3 is 2.25 bits per heavy atom. The third-order valence-electron chi connectivity index (χ3n) is 7.19. The van der Waals surface area contributed by atoms with Crippen molar-refractivity contribution in [2.45, 2.75) is 69.4 Å². The predicted molar refractivity (Wildman–Crippen MR) is 160 cm³/mol. The summed E-state index contributed by atoms with van der Waals surface area (Å²) in [5.41, 5.74) is 13.8. The minimum absolute atomic E-state index is 0.0782. The first-order valence-electron chi connectivity index (χ1n) is 13.9. The highest BCUT2D eigenvalue weighted by molar-refractivity contribution is 6.31. The van der Waals surface area contributed by atoms with Gasteiger partial charge < -0.3 is 48.1 Å². The van der Waals surface area contributed by atoms with Crippen LogP contribution >= 0.6 is 11.6 Å². The quantitative estimate of drug-likeness (QED) is 0.170. The van der Waals surface area contributed by atoms with Crippen LogP contribution < -0.4 is 32.7 Å². The van der Waals surface area contributed by atoms with Gasteiger partial charge in [0.2, 0.25) is 23.6 Å². The molecule has 0 spiro atoms. The SMILES string of the molecule is C[C@H](NC(=O)[C@@H](C)NC(=O)[C@@H]1Cc2cc(ccc2Cl)-c2ccc(O)c(c2)C[C@H](N)C(=O)N[C@@H](C[C@@H](O)CN)C(=O)N1)C(=O)O. The maximum Gasteiger partial charge on any atom is 0.325 e. The number of carbonyl (C=O) groups is 5. The van der Waals surface area contributed by atoms with Crippen LogP contribution in [-0.2, 0) is 36.8 Å². The van der Waals surface area contributed by atoms with Crippen molar-refractivity contribution in [2.75, 3.05) is 6.54 Å². The van der Waals surface area contributed by atoms with Gasteiger partial charge in [-0.15, -0.1) is 0 Å². The summed E-state index contributed by atoms with van der Waals surface area (Å²) in [5, 5.41) is 39.8. The normalized spacial score (nSPS) is 20.9. The molecule has 6 atom stereocenters. The van der Waals surface area contributed by atoms with Crippen molar-refractivity contribution in [1.29, 1.82) is 0 Å². The molecule has 14 nitrogen and oxygen atoms in total.